The lowest BCUT2D eigenvalue weighted by atomic mass is 10.0. The summed E-state index contributed by atoms with van der Waals surface area (Å²) in [6.45, 7) is 1.44. The van der Waals surface area contributed by atoms with Gasteiger partial charge < -0.3 is 15.4 Å². The third-order valence-electron chi connectivity index (χ3n) is 3.60. The highest BCUT2D eigenvalue weighted by atomic mass is 19.1. The normalized spacial score (nSPS) is 15.5. The first-order valence-electron chi connectivity index (χ1n) is 6.96. The minimum atomic E-state index is -0.411. The standard InChI is InChI=1S/C16H19FN2O2/c1-21-14-6-9-19(10-7-14)16(20)15-5-4-13(17)11-12(15)3-2-8-18/h4-5,11,14H,6-10,18H2,1H3. The second-order valence-electron chi connectivity index (χ2n) is 4.92. The van der Waals surface area contributed by atoms with E-state index in [9.17, 15) is 9.18 Å². The molecule has 0 aromatic heterocycles. The molecule has 21 heavy (non-hydrogen) atoms. The van der Waals surface area contributed by atoms with Gasteiger partial charge in [0.05, 0.1) is 18.2 Å². The fourth-order valence-corrected chi connectivity index (χ4v) is 2.42. The van der Waals surface area contributed by atoms with Crippen LogP contribution in [0.2, 0.25) is 0 Å². The number of carbonyl (C=O) groups is 1. The van der Waals surface area contributed by atoms with Crippen LogP contribution in [0, 0.1) is 17.7 Å². The lowest BCUT2D eigenvalue weighted by molar-refractivity contribution is 0.0350. The number of rotatable bonds is 2. The summed E-state index contributed by atoms with van der Waals surface area (Å²) in [5.74, 6) is 4.90. The number of hydrogen-bond acceptors (Lipinski definition) is 3. The number of methoxy groups -OCH3 is 1. The number of ether oxygens (including phenoxy) is 1. The van der Waals surface area contributed by atoms with Crippen LogP contribution in [0.15, 0.2) is 18.2 Å². The Hall–Kier alpha value is -1.90. The Kier molecular flexibility index (Phi) is 5.32. The van der Waals surface area contributed by atoms with Gasteiger partial charge in [-0.2, -0.15) is 0 Å². The van der Waals surface area contributed by atoms with Gasteiger partial charge in [0.25, 0.3) is 5.91 Å². The van der Waals surface area contributed by atoms with Crippen molar-refractivity contribution in [2.45, 2.75) is 18.9 Å². The molecule has 1 aliphatic heterocycles. The second-order valence-corrected chi connectivity index (χ2v) is 4.92. The van der Waals surface area contributed by atoms with Crippen molar-refractivity contribution in [2.75, 3.05) is 26.7 Å². The zero-order chi connectivity index (χ0) is 15.2. The maximum atomic E-state index is 13.3. The van der Waals surface area contributed by atoms with Gasteiger partial charge in [0.15, 0.2) is 0 Å². The first-order valence-corrected chi connectivity index (χ1v) is 6.96. The second kappa shape index (κ2) is 7.21. The topological polar surface area (TPSA) is 55.6 Å². The Labute approximate surface area is 124 Å². The van der Waals surface area contributed by atoms with Crippen molar-refractivity contribution in [3.8, 4) is 11.8 Å². The van der Waals surface area contributed by atoms with E-state index in [1.54, 1.807) is 12.0 Å². The fourth-order valence-electron chi connectivity index (χ4n) is 2.42. The highest BCUT2D eigenvalue weighted by Gasteiger charge is 2.24. The molecule has 1 heterocycles. The third-order valence-corrected chi connectivity index (χ3v) is 3.60. The molecule has 0 aliphatic carbocycles. The monoisotopic (exact) mass is 290 g/mol. The van der Waals surface area contributed by atoms with E-state index >= 15 is 0 Å². The number of nitrogens with two attached hydrogens (primary N) is 1. The maximum absolute atomic E-state index is 13.3. The quantitative estimate of drug-likeness (QED) is 0.837. The van der Waals surface area contributed by atoms with Gasteiger partial charge in [-0.05, 0) is 31.0 Å². The number of benzene rings is 1. The van der Waals surface area contributed by atoms with Gasteiger partial charge in [0, 0.05) is 25.8 Å². The first-order chi connectivity index (χ1) is 10.2. The molecule has 1 fully saturated rings. The first kappa shape index (κ1) is 15.5. The Morgan fingerprint density at radius 3 is 2.81 bits per heavy atom. The van der Waals surface area contributed by atoms with Crippen molar-refractivity contribution in [1.29, 1.82) is 0 Å². The van der Waals surface area contributed by atoms with E-state index in [-0.39, 0.29) is 18.6 Å². The van der Waals surface area contributed by atoms with Crippen LogP contribution >= 0.6 is 0 Å². The summed E-state index contributed by atoms with van der Waals surface area (Å²) in [6, 6.07) is 4.04. The smallest absolute Gasteiger partial charge is 0.255 e. The third kappa shape index (κ3) is 3.81. The van der Waals surface area contributed by atoms with E-state index in [1.807, 2.05) is 0 Å². The summed E-state index contributed by atoms with van der Waals surface area (Å²) in [7, 11) is 1.68. The molecule has 2 N–H and O–H groups in total. The van der Waals surface area contributed by atoms with Crippen LogP contribution in [0.4, 0.5) is 4.39 Å². The van der Waals surface area contributed by atoms with Crippen molar-refractivity contribution < 1.29 is 13.9 Å². The number of hydrogen-bond donors (Lipinski definition) is 1. The Morgan fingerprint density at radius 2 is 2.19 bits per heavy atom. The van der Waals surface area contributed by atoms with E-state index in [1.165, 1.54) is 18.2 Å². The summed E-state index contributed by atoms with van der Waals surface area (Å²) in [5, 5.41) is 0. The van der Waals surface area contributed by atoms with E-state index in [4.69, 9.17) is 10.5 Å². The minimum Gasteiger partial charge on any atom is -0.381 e. The van der Waals surface area contributed by atoms with E-state index in [0.29, 0.717) is 24.2 Å². The average Bonchev–Trinajstić information content (AvgIpc) is 2.52. The summed E-state index contributed by atoms with van der Waals surface area (Å²) in [5.41, 5.74) is 6.15. The van der Waals surface area contributed by atoms with Crippen LogP contribution < -0.4 is 5.73 Å². The molecule has 1 aromatic rings. The lowest BCUT2D eigenvalue weighted by Gasteiger charge is -2.31. The molecule has 2 rings (SSSR count). The molecule has 1 amide bonds. The van der Waals surface area contributed by atoms with Crippen molar-refractivity contribution in [3.63, 3.8) is 0 Å². The SMILES string of the molecule is COC1CCN(C(=O)c2ccc(F)cc2C#CCN)CC1. The lowest BCUT2D eigenvalue weighted by Crippen LogP contribution is -2.40. The van der Waals surface area contributed by atoms with E-state index in [0.717, 1.165) is 12.8 Å². The molecular formula is C16H19FN2O2. The largest absolute Gasteiger partial charge is 0.381 e. The van der Waals surface area contributed by atoms with Gasteiger partial charge >= 0.3 is 0 Å². The van der Waals surface area contributed by atoms with Gasteiger partial charge in [-0.25, -0.2) is 4.39 Å². The number of likely N-dealkylation sites (tertiary alicyclic amines) is 1. The molecule has 112 valence electrons. The number of amides is 1. The zero-order valence-corrected chi connectivity index (χ0v) is 12.1. The molecule has 5 heteroatoms. The predicted octanol–water partition coefficient (Wildman–Crippen LogP) is 1.39. The predicted molar refractivity (Wildman–Crippen MR) is 78.3 cm³/mol. The van der Waals surface area contributed by atoms with Crippen LogP contribution in [-0.4, -0.2) is 43.7 Å². The molecule has 4 nitrogen and oxygen atoms in total. The minimum absolute atomic E-state index is 0.120. The van der Waals surface area contributed by atoms with Crippen LogP contribution in [0.25, 0.3) is 0 Å². The Balaban J connectivity index is 2.19. The van der Waals surface area contributed by atoms with Crippen LogP contribution in [0.1, 0.15) is 28.8 Å². The molecule has 1 aliphatic rings. The Bertz CT molecular complexity index is 569. The van der Waals surface area contributed by atoms with Crippen LogP contribution in [-0.2, 0) is 4.74 Å². The number of carbonyl (C=O) groups excluding carboxylic acids is 1. The zero-order valence-electron chi connectivity index (χ0n) is 12.1. The summed E-state index contributed by atoms with van der Waals surface area (Å²) in [4.78, 5) is 14.3. The molecule has 0 spiro atoms. The van der Waals surface area contributed by atoms with E-state index in [2.05, 4.69) is 11.8 Å². The maximum Gasteiger partial charge on any atom is 0.255 e. The molecule has 0 bridgehead atoms. The van der Waals surface area contributed by atoms with E-state index < -0.39 is 5.82 Å². The summed E-state index contributed by atoms with van der Waals surface area (Å²) in [6.07, 6.45) is 1.83. The molecule has 0 radical (unpaired) electrons. The summed E-state index contributed by atoms with van der Waals surface area (Å²) >= 11 is 0. The molecule has 1 aromatic carbocycles. The number of piperidine rings is 1. The summed E-state index contributed by atoms with van der Waals surface area (Å²) < 4.78 is 18.6. The fraction of sp³-hybridized carbons (Fsp3) is 0.438. The highest BCUT2D eigenvalue weighted by Crippen LogP contribution is 2.18. The average molecular weight is 290 g/mol. The molecule has 0 saturated carbocycles. The molecule has 0 unspecified atom stereocenters. The highest BCUT2D eigenvalue weighted by molar-refractivity contribution is 5.96. The molecule has 0 atom stereocenters. The van der Waals surface area contributed by atoms with Crippen molar-refractivity contribution >= 4 is 5.91 Å². The molecular weight excluding hydrogens is 271 g/mol. The van der Waals surface area contributed by atoms with Crippen LogP contribution in [0.5, 0.6) is 0 Å². The van der Waals surface area contributed by atoms with Crippen molar-refractivity contribution in [1.82, 2.24) is 4.90 Å². The van der Waals surface area contributed by atoms with Gasteiger partial charge in [-0.1, -0.05) is 11.8 Å². The molecule has 1 saturated heterocycles. The van der Waals surface area contributed by atoms with Gasteiger partial charge in [-0.15, -0.1) is 0 Å². The van der Waals surface area contributed by atoms with Gasteiger partial charge in [0.2, 0.25) is 0 Å². The van der Waals surface area contributed by atoms with Crippen LogP contribution in [0.3, 0.4) is 0 Å². The van der Waals surface area contributed by atoms with Crippen molar-refractivity contribution in [2.24, 2.45) is 5.73 Å². The number of halogens is 1. The van der Waals surface area contributed by atoms with Gasteiger partial charge in [-0.3, -0.25) is 4.79 Å². The number of nitrogens with zero attached hydrogens (tertiary/aromatic N) is 1. The van der Waals surface area contributed by atoms with Gasteiger partial charge in [0.1, 0.15) is 5.82 Å². The van der Waals surface area contributed by atoms with Crippen molar-refractivity contribution in [3.05, 3.63) is 35.1 Å². The Morgan fingerprint density at radius 1 is 1.48 bits per heavy atom.